The zero-order valence-electron chi connectivity index (χ0n) is 24.4. The van der Waals surface area contributed by atoms with E-state index in [1.165, 1.54) is 25.1 Å². The number of carbonyl (C=O) groups excluding carboxylic acids is 6. The number of fused-ring (bicyclic) bond motifs is 1. The third kappa shape index (κ3) is 6.95. The summed E-state index contributed by atoms with van der Waals surface area (Å²) in [6.45, 7) is 7.63. The van der Waals surface area contributed by atoms with Crippen molar-refractivity contribution >= 4 is 46.9 Å². The zero-order valence-corrected chi connectivity index (χ0v) is 24.4. The van der Waals surface area contributed by atoms with Crippen LogP contribution in [0.1, 0.15) is 60.3 Å². The molecule has 3 aromatic carbocycles. The summed E-state index contributed by atoms with van der Waals surface area (Å²) in [4.78, 5) is 76.7. The van der Waals surface area contributed by atoms with Crippen LogP contribution in [0.5, 0.6) is 0 Å². The number of nitrogens with zero attached hydrogens (tertiary/aromatic N) is 1. The summed E-state index contributed by atoms with van der Waals surface area (Å²) in [6.07, 6.45) is 0. The van der Waals surface area contributed by atoms with Gasteiger partial charge >= 0.3 is 11.9 Å². The molecule has 1 unspecified atom stereocenters. The molecule has 222 valence electrons. The first-order valence-electron chi connectivity index (χ1n) is 13.5. The Morgan fingerprint density at radius 3 is 1.74 bits per heavy atom. The lowest BCUT2D eigenvalue weighted by atomic mass is 10.1. The first-order valence-corrected chi connectivity index (χ1v) is 13.5. The summed E-state index contributed by atoms with van der Waals surface area (Å²) in [5.74, 6) is -4.53. The smallest absolute Gasteiger partial charge is 0.338 e. The van der Waals surface area contributed by atoms with Crippen molar-refractivity contribution in [2.24, 2.45) is 0 Å². The maximum Gasteiger partial charge on any atom is 0.338 e. The molecule has 4 rings (SSSR count). The predicted octanol–water partition coefficient (Wildman–Crippen LogP) is 3.88. The lowest BCUT2D eigenvalue weighted by Gasteiger charge is -2.20. The largest absolute Gasteiger partial charge is 0.454 e. The van der Waals surface area contributed by atoms with Gasteiger partial charge in [0.1, 0.15) is 6.04 Å². The maximum absolute atomic E-state index is 13.1. The first-order chi connectivity index (χ1) is 20.3. The third-order valence-electron chi connectivity index (χ3n) is 6.87. The molecule has 11 nitrogen and oxygen atoms in total. The first kappa shape index (κ1) is 30.6. The molecule has 2 N–H and O–H groups in total. The molecule has 1 atom stereocenters. The molecular weight excluding hydrogens is 554 g/mol. The van der Waals surface area contributed by atoms with E-state index in [2.05, 4.69) is 10.6 Å². The van der Waals surface area contributed by atoms with Gasteiger partial charge in [-0.2, -0.15) is 0 Å². The van der Waals surface area contributed by atoms with Gasteiger partial charge in [-0.3, -0.25) is 24.1 Å². The van der Waals surface area contributed by atoms with E-state index in [0.717, 1.165) is 22.3 Å². The number of nitrogens with one attached hydrogen (secondary N) is 2. The number of amides is 4. The molecule has 3 aromatic rings. The molecule has 1 heterocycles. The lowest BCUT2D eigenvalue weighted by molar-refractivity contribution is -0.150. The van der Waals surface area contributed by atoms with E-state index >= 15 is 0 Å². The van der Waals surface area contributed by atoms with Crippen LogP contribution in [0.2, 0.25) is 0 Å². The number of ether oxygens (including phenoxy) is 2. The van der Waals surface area contributed by atoms with Gasteiger partial charge in [-0.15, -0.1) is 0 Å². The molecule has 0 spiro atoms. The van der Waals surface area contributed by atoms with Gasteiger partial charge < -0.3 is 20.1 Å². The molecule has 1 aliphatic rings. The number of aryl methyl sites for hydroxylation is 4. The molecule has 0 saturated carbocycles. The molecule has 1 aliphatic heterocycles. The zero-order chi connectivity index (χ0) is 31.4. The Hall–Kier alpha value is -5.32. The van der Waals surface area contributed by atoms with E-state index in [1.54, 1.807) is 12.1 Å². The topological polar surface area (TPSA) is 148 Å². The highest BCUT2D eigenvalue weighted by Gasteiger charge is 2.42. The Labute approximate surface area is 248 Å². The number of anilines is 2. The summed E-state index contributed by atoms with van der Waals surface area (Å²) in [7, 11) is 0. The molecule has 43 heavy (non-hydrogen) atoms. The van der Waals surface area contributed by atoms with Gasteiger partial charge in [0.15, 0.2) is 13.2 Å². The van der Waals surface area contributed by atoms with Crippen LogP contribution in [0, 0.1) is 27.7 Å². The molecule has 0 aliphatic carbocycles. The van der Waals surface area contributed by atoms with Gasteiger partial charge in [0.2, 0.25) is 0 Å². The van der Waals surface area contributed by atoms with Crippen molar-refractivity contribution in [1.82, 2.24) is 4.90 Å². The van der Waals surface area contributed by atoms with Crippen LogP contribution in [-0.2, 0) is 23.9 Å². The molecule has 0 fully saturated rings. The fourth-order valence-corrected chi connectivity index (χ4v) is 4.60. The maximum atomic E-state index is 13.1. The standard InChI is InChI=1S/C32H31N3O8/c1-17-6-10-25(19(3)12-17)33-27(36)15-42-31(40)21(5)35-29(38)23-9-8-22(14-24(23)30(35)39)32(41)43-16-28(37)34-26-11-7-18(2)13-20(26)4/h6-14,21H,15-16H2,1-5H3,(H,33,36)(H,34,37). The highest BCUT2D eigenvalue weighted by atomic mass is 16.5. The van der Waals surface area contributed by atoms with Gasteiger partial charge in [-0.05, 0) is 76.1 Å². The minimum absolute atomic E-state index is 0.0126. The highest BCUT2D eigenvalue weighted by Crippen LogP contribution is 2.27. The summed E-state index contributed by atoms with van der Waals surface area (Å²) in [5.41, 5.74) is 4.73. The van der Waals surface area contributed by atoms with E-state index in [0.29, 0.717) is 16.3 Å². The lowest BCUT2D eigenvalue weighted by Crippen LogP contribution is -2.44. The van der Waals surface area contributed by atoms with Crippen LogP contribution in [0.3, 0.4) is 0 Å². The second-order valence-corrected chi connectivity index (χ2v) is 10.3. The van der Waals surface area contributed by atoms with Crippen molar-refractivity contribution in [1.29, 1.82) is 0 Å². The van der Waals surface area contributed by atoms with Crippen LogP contribution in [0.4, 0.5) is 11.4 Å². The minimum Gasteiger partial charge on any atom is -0.454 e. The van der Waals surface area contributed by atoms with Gasteiger partial charge in [-0.25, -0.2) is 9.59 Å². The molecular formula is C32H31N3O8. The average molecular weight is 586 g/mol. The number of hydrogen-bond acceptors (Lipinski definition) is 8. The SMILES string of the molecule is Cc1ccc(NC(=O)COC(=O)c2ccc3c(c2)C(=O)N(C(C)C(=O)OCC(=O)Nc2ccc(C)cc2C)C3=O)c(C)c1. The van der Waals surface area contributed by atoms with Crippen molar-refractivity contribution < 1.29 is 38.2 Å². The summed E-state index contributed by atoms with van der Waals surface area (Å²) in [6, 6.07) is 13.3. The number of imide groups is 1. The van der Waals surface area contributed by atoms with Crippen LogP contribution in [0.15, 0.2) is 54.6 Å². The van der Waals surface area contributed by atoms with Gasteiger partial charge in [0, 0.05) is 11.4 Å². The van der Waals surface area contributed by atoms with E-state index < -0.39 is 54.8 Å². The third-order valence-corrected chi connectivity index (χ3v) is 6.87. The Bertz CT molecular complexity index is 1660. The molecule has 11 heteroatoms. The quantitative estimate of drug-likeness (QED) is 0.284. The number of rotatable bonds is 9. The number of esters is 2. The second-order valence-electron chi connectivity index (χ2n) is 10.3. The normalized spacial score (nSPS) is 12.8. The van der Waals surface area contributed by atoms with Crippen molar-refractivity contribution in [2.45, 2.75) is 40.7 Å². The summed E-state index contributed by atoms with van der Waals surface area (Å²) < 4.78 is 10.2. The van der Waals surface area contributed by atoms with Crippen molar-refractivity contribution in [3.8, 4) is 0 Å². The monoisotopic (exact) mass is 585 g/mol. The minimum atomic E-state index is -1.34. The van der Waals surface area contributed by atoms with E-state index in [1.807, 2.05) is 52.0 Å². The highest BCUT2D eigenvalue weighted by molar-refractivity contribution is 6.23. The van der Waals surface area contributed by atoms with Gasteiger partial charge in [0.05, 0.1) is 16.7 Å². The fraction of sp³-hybridized carbons (Fsp3) is 0.250. The summed E-state index contributed by atoms with van der Waals surface area (Å²) in [5, 5.41) is 5.32. The number of carbonyl (C=O) groups is 6. The molecule has 4 amide bonds. The van der Waals surface area contributed by atoms with Gasteiger partial charge in [0.25, 0.3) is 23.6 Å². The number of benzene rings is 3. The Morgan fingerprint density at radius 1 is 0.698 bits per heavy atom. The number of hydrogen-bond donors (Lipinski definition) is 2. The average Bonchev–Trinajstić information content (AvgIpc) is 3.21. The van der Waals surface area contributed by atoms with Crippen LogP contribution in [0.25, 0.3) is 0 Å². The predicted molar refractivity (Wildman–Crippen MR) is 157 cm³/mol. The molecule has 0 bridgehead atoms. The molecule has 0 saturated heterocycles. The van der Waals surface area contributed by atoms with Crippen LogP contribution < -0.4 is 10.6 Å². The van der Waals surface area contributed by atoms with Gasteiger partial charge in [-0.1, -0.05) is 35.4 Å². The second kappa shape index (κ2) is 12.7. The Kier molecular flexibility index (Phi) is 9.03. The molecule has 0 aromatic heterocycles. The van der Waals surface area contributed by atoms with E-state index in [-0.39, 0.29) is 16.7 Å². The Morgan fingerprint density at radius 2 is 1.21 bits per heavy atom. The van der Waals surface area contributed by atoms with Crippen molar-refractivity contribution in [2.75, 3.05) is 23.8 Å². The van der Waals surface area contributed by atoms with Crippen molar-refractivity contribution in [3.63, 3.8) is 0 Å². The summed E-state index contributed by atoms with van der Waals surface area (Å²) >= 11 is 0. The van der Waals surface area contributed by atoms with Crippen LogP contribution >= 0.6 is 0 Å². The van der Waals surface area contributed by atoms with Crippen LogP contribution in [-0.4, -0.2) is 59.7 Å². The van der Waals surface area contributed by atoms with E-state index in [4.69, 9.17) is 9.47 Å². The van der Waals surface area contributed by atoms with E-state index in [9.17, 15) is 28.8 Å². The van der Waals surface area contributed by atoms with Crippen molar-refractivity contribution in [3.05, 3.63) is 93.5 Å². The molecule has 0 radical (unpaired) electrons. The Balaban J connectivity index is 1.34. The fourth-order valence-electron chi connectivity index (χ4n) is 4.60.